The number of nitrogens with one attached hydrogen (secondary N) is 1. The Morgan fingerprint density at radius 2 is 2.05 bits per heavy atom. The van der Waals surface area contributed by atoms with Crippen LogP contribution in [0.3, 0.4) is 0 Å². The van der Waals surface area contributed by atoms with E-state index in [4.69, 9.17) is 11.6 Å². The quantitative estimate of drug-likeness (QED) is 0.844. The van der Waals surface area contributed by atoms with Crippen molar-refractivity contribution in [3.05, 3.63) is 33.3 Å². The number of rotatable bonds is 4. The molecule has 21 heavy (non-hydrogen) atoms. The predicted octanol–water partition coefficient (Wildman–Crippen LogP) is 3.72. The number of hydrogen-bond acceptors (Lipinski definition) is 2. The Hall–Kier alpha value is -1.07. The largest absolute Gasteiger partial charge is 0.481 e. The Labute approximate surface area is 137 Å². The molecule has 0 heterocycles. The molecular formula is C15H17BrClNO3. The number of benzene rings is 1. The van der Waals surface area contributed by atoms with Crippen molar-refractivity contribution < 1.29 is 14.7 Å². The third-order valence-electron chi connectivity index (χ3n) is 3.93. The van der Waals surface area contributed by atoms with E-state index in [1.54, 1.807) is 18.2 Å². The number of halogens is 2. The molecular weight excluding hydrogens is 358 g/mol. The van der Waals surface area contributed by atoms with Crippen LogP contribution in [-0.2, 0) is 4.79 Å². The van der Waals surface area contributed by atoms with E-state index in [1.165, 1.54) is 0 Å². The highest BCUT2D eigenvalue weighted by molar-refractivity contribution is 9.10. The molecule has 4 nitrogen and oxygen atoms in total. The van der Waals surface area contributed by atoms with Gasteiger partial charge in [0.2, 0.25) is 0 Å². The van der Waals surface area contributed by atoms with Gasteiger partial charge >= 0.3 is 5.97 Å². The third kappa shape index (κ3) is 4.20. The van der Waals surface area contributed by atoms with E-state index >= 15 is 0 Å². The molecule has 0 bridgehead atoms. The Bertz CT molecular complexity index is 550. The summed E-state index contributed by atoms with van der Waals surface area (Å²) in [4.78, 5) is 23.3. The smallest absolute Gasteiger partial charge is 0.306 e. The summed E-state index contributed by atoms with van der Waals surface area (Å²) in [7, 11) is 0. The summed E-state index contributed by atoms with van der Waals surface area (Å²) in [6, 6.07) is 5.00. The van der Waals surface area contributed by atoms with Gasteiger partial charge in [0.25, 0.3) is 5.91 Å². The first-order valence-electron chi connectivity index (χ1n) is 6.95. The highest BCUT2D eigenvalue weighted by Gasteiger charge is 2.30. The highest BCUT2D eigenvalue weighted by atomic mass is 79.9. The van der Waals surface area contributed by atoms with Crippen molar-refractivity contribution in [1.29, 1.82) is 0 Å². The fourth-order valence-corrected chi connectivity index (χ4v) is 3.17. The second-order valence-electron chi connectivity index (χ2n) is 5.33. The number of carbonyl (C=O) groups is 2. The molecule has 0 spiro atoms. The van der Waals surface area contributed by atoms with Gasteiger partial charge in [0.05, 0.1) is 10.9 Å². The average molecular weight is 375 g/mol. The van der Waals surface area contributed by atoms with Crippen LogP contribution < -0.4 is 5.32 Å². The summed E-state index contributed by atoms with van der Waals surface area (Å²) < 4.78 is 0.735. The molecule has 1 fully saturated rings. The molecule has 0 aromatic heterocycles. The zero-order valence-electron chi connectivity index (χ0n) is 11.4. The number of hydrogen-bond donors (Lipinski definition) is 2. The summed E-state index contributed by atoms with van der Waals surface area (Å²) >= 11 is 9.24. The van der Waals surface area contributed by atoms with E-state index in [2.05, 4.69) is 21.2 Å². The van der Waals surface area contributed by atoms with E-state index in [1.807, 2.05) is 0 Å². The van der Waals surface area contributed by atoms with Crippen LogP contribution in [0, 0.1) is 11.8 Å². The molecule has 114 valence electrons. The van der Waals surface area contributed by atoms with Crippen molar-refractivity contribution in [2.24, 2.45) is 11.8 Å². The Kier molecular flexibility index (Phi) is 5.65. The van der Waals surface area contributed by atoms with Crippen molar-refractivity contribution in [3.63, 3.8) is 0 Å². The van der Waals surface area contributed by atoms with Crippen LogP contribution in [0.15, 0.2) is 22.7 Å². The standard InChI is InChI=1S/C15H17BrClNO3/c16-12-6-5-9(7-13(12)17)14(19)18-8-10-3-1-2-4-11(10)15(20)21/h5-7,10-11H,1-4,8H2,(H,18,19)(H,20,21). The minimum Gasteiger partial charge on any atom is -0.481 e. The van der Waals surface area contributed by atoms with Gasteiger partial charge in [-0.15, -0.1) is 0 Å². The van der Waals surface area contributed by atoms with Crippen LogP contribution in [0.4, 0.5) is 0 Å². The van der Waals surface area contributed by atoms with Crippen molar-refractivity contribution in [1.82, 2.24) is 5.32 Å². The number of aliphatic carboxylic acids is 1. The molecule has 1 aliphatic rings. The summed E-state index contributed by atoms with van der Waals surface area (Å²) in [5.74, 6) is -1.33. The lowest BCUT2D eigenvalue weighted by Crippen LogP contribution is -2.37. The molecule has 0 aliphatic heterocycles. The Morgan fingerprint density at radius 1 is 1.33 bits per heavy atom. The van der Waals surface area contributed by atoms with Crippen molar-refractivity contribution in [2.45, 2.75) is 25.7 Å². The van der Waals surface area contributed by atoms with E-state index < -0.39 is 5.97 Å². The maximum atomic E-state index is 12.1. The first-order chi connectivity index (χ1) is 9.99. The van der Waals surface area contributed by atoms with Crippen LogP contribution in [0.1, 0.15) is 36.0 Å². The number of carboxylic acid groups (broad SMARTS) is 1. The fraction of sp³-hybridized carbons (Fsp3) is 0.467. The molecule has 2 atom stereocenters. The van der Waals surface area contributed by atoms with Gasteiger partial charge in [-0.05, 0) is 52.9 Å². The molecule has 0 radical (unpaired) electrons. The summed E-state index contributed by atoms with van der Waals surface area (Å²) in [6.07, 6.45) is 3.51. The number of carbonyl (C=O) groups excluding carboxylic acids is 1. The Balaban J connectivity index is 1.96. The molecule has 1 amide bonds. The lowest BCUT2D eigenvalue weighted by atomic mass is 9.79. The molecule has 6 heteroatoms. The molecule has 2 unspecified atom stereocenters. The normalized spacial score (nSPS) is 21.8. The van der Waals surface area contributed by atoms with Crippen molar-refractivity contribution in [3.8, 4) is 0 Å². The zero-order chi connectivity index (χ0) is 15.4. The molecule has 1 saturated carbocycles. The van der Waals surface area contributed by atoms with Crippen LogP contribution in [0.25, 0.3) is 0 Å². The van der Waals surface area contributed by atoms with Gasteiger partial charge in [0.1, 0.15) is 0 Å². The second-order valence-corrected chi connectivity index (χ2v) is 6.59. The minimum atomic E-state index is -0.763. The van der Waals surface area contributed by atoms with Crippen molar-refractivity contribution in [2.75, 3.05) is 6.54 Å². The zero-order valence-corrected chi connectivity index (χ0v) is 13.8. The van der Waals surface area contributed by atoms with Gasteiger partial charge in [-0.25, -0.2) is 0 Å². The van der Waals surface area contributed by atoms with E-state index in [9.17, 15) is 14.7 Å². The highest BCUT2D eigenvalue weighted by Crippen LogP contribution is 2.30. The van der Waals surface area contributed by atoms with Gasteiger partial charge in [0, 0.05) is 16.6 Å². The molecule has 1 aromatic carbocycles. The predicted molar refractivity (Wildman–Crippen MR) is 84.6 cm³/mol. The average Bonchev–Trinajstić information content (AvgIpc) is 2.47. The van der Waals surface area contributed by atoms with E-state index in [-0.39, 0.29) is 17.7 Å². The third-order valence-corrected chi connectivity index (χ3v) is 5.17. The molecule has 2 N–H and O–H groups in total. The maximum Gasteiger partial charge on any atom is 0.306 e. The lowest BCUT2D eigenvalue weighted by molar-refractivity contribution is -0.144. The van der Waals surface area contributed by atoms with Crippen LogP contribution in [0.5, 0.6) is 0 Å². The maximum absolute atomic E-state index is 12.1. The molecule has 0 saturated heterocycles. The van der Waals surface area contributed by atoms with Crippen molar-refractivity contribution >= 4 is 39.4 Å². The molecule has 2 rings (SSSR count). The monoisotopic (exact) mass is 373 g/mol. The topological polar surface area (TPSA) is 66.4 Å². The van der Waals surface area contributed by atoms with Gasteiger partial charge in [0.15, 0.2) is 0 Å². The molecule has 1 aliphatic carbocycles. The lowest BCUT2D eigenvalue weighted by Gasteiger charge is -2.28. The Morgan fingerprint density at radius 3 is 2.71 bits per heavy atom. The van der Waals surface area contributed by atoms with Crippen LogP contribution in [0.2, 0.25) is 5.02 Å². The fourth-order valence-electron chi connectivity index (χ4n) is 2.74. The molecule has 1 aromatic rings. The SMILES string of the molecule is O=C(NCC1CCCCC1C(=O)O)c1ccc(Br)c(Cl)c1. The van der Waals surface area contributed by atoms with E-state index in [0.717, 1.165) is 23.7 Å². The minimum absolute atomic E-state index is 0.00567. The van der Waals surface area contributed by atoms with Crippen LogP contribution >= 0.6 is 27.5 Å². The van der Waals surface area contributed by atoms with E-state index in [0.29, 0.717) is 23.6 Å². The first kappa shape index (κ1) is 16.3. The second kappa shape index (κ2) is 7.27. The summed E-state index contributed by atoms with van der Waals surface area (Å²) in [6.45, 7) is 0.392. The summed E-state index contributed by atoms with van der Waals surface area (Å²) in [5.41, 5.74) is 0.478. The number of amides is 1. The summed E-state index contributed by atoms with van der Waals surface area (Å²) in [5, 5.41) is 12.5. The van der Waals surface area contributed by atoms with Gasteiger partial charge in [-0.3, -0.25) is 9.59 Å². The first-order valence-corrected chi connectivity index (χ1v) is 8.12. The van der Waals surface area contributed by atoms with Gasteiger partial charge in [-0.1, -0.05) is 24.4 Å². The van der Waals surface area contributed by atoms with Gasteiger partial charge < -0.3 is 10.4 Å². The number of carboxylic acids is 1. The van der Waals surface area contributed by atoms with Crippen LogP contribution in [-0.4, -0.2) is 23.5 Å². The van der Waals surface area contributed by atoms with Gasteiger partial charge in [-0.2, -0.15) is 0 Å².